The number of ether oxygens (including phenoxy) is 1. The number of nitrogens with one attached hydrogen (secondary N) is 1. The second-order valence-electron chi connectivity index (χ2n) is 4.06. The number of anilines is 1. The summed E-state index contributed by atoms with van der Waals surface area (Å²) in [4.78, 5) is 15.5. The van der Waals surface area contributed by atoms with E-state index in [1.165, 1.54) is 11.6 Å². The summed E-state index contributed by atoms with van der Waals surface area (Å²) in [5.74, 6) is 0.110. The summed E-state index contributed by atoms with van der Waals surface area (Å²) in [7, 11) is -3.09. The standard InChI is InChI=1S/C12H14N2O4S/c1-2-18-12(15)9-3-4-11(13-7-9)14-10-5-6-19(16,17)8-10/h3-7,10H,2,8H2,1H3,(H,13,14). The van der Waals surface area contributed by atoms with Crippen LogP contribution in [0.2, 0.25) is 0 Å². The van der Waals surface area contributed by atoms with E-state index >= 15 is 0 Å². The van der Waals surface area contributed by atoms with Crippen molar-refractivity contribution in [2.45, 2.75) is 13.0 Å². The number of esters is 1. The molecule has 19 heavy (non-hydrogen) atoms. The third-order valence-corrected chi connectivity index (χ3v) is 3.93. The van der Waals surface area contributed by atoms with Crippen molar-refractivity contribution in [3.63, 3.8) is 0 Å². The van der Waals surface area contributed by atoms with Gasteiger partial charge in [-0.1, -0.05) is 0 Å². The van der Waals surface area contributed by atoms with E-state index in [4.69, 9.17) is 4.74 Å². The maximum atomic E-state index is 11.4. The molecule has 0 fully saturated rings. The Morgan fingerprint density at radius 2 is 2.32 bits per heavy atom. The lowest BCUT2D eigenvalue weighted by atomic mass is 10.2. The Bertz CT molecular complexity index is 593. The molecule has 0 spiro atoms. The lowest BCUT2D eigenvalue weighted by Crippen LogP contribution is -2.21. The van der Waals surface area contributed by atoms with Gasteiger partial charge in [-0.25, -0.2) is 18.2 Å². The van der Waals surface area contributed by atoms with Crippen LogP contribution in [-0.4, -0.2) is 37.8 Å². The van der Waals surface area contributed by atoms with Crippen LogP contribution in [0.3, 0.4) is 0 Å². The second kappa shape index (κ2) is 5.40. The zero-order chi connectivity index (χ0) is 13.9. The molecule has 0 radical (unpaired) electrons. The van der Waals surface area contributed by atoms with E-state index in [1.807, 2.05) is 0 Å². The zero-order valence-electron chi connectivity index (χ0n) is 10.4. The fraction of sp³-hybridized carbons (Fsp3) is 0.333. The first kappa shape index (κ1) is 13.5. The van der Waals surface area contributed by atoms with Crippen LogP contribution in [0.15, 0.2) is 29.8 Å². The molecule has 7 heteroatoms. The smallest absolute Gasteiger partial charge is 0.339 e. The summed E-state index contributed by atoms with van der Waals surface area (Å²) in [6.07, 6.45) is 2.98. The average molecular weight is 282 g/mol. The Morgan fingerprint density at radius 1 is 1.53 bits per heavy atom. The number of aromatic nitrogens is 1. The lowest BCUT2D eigenvalue weighted by molar-refractivity contribution is 0.0526. The molecule has 0 aromatic carbocycles. The molecule has 0 bridgehead atoms. The van der Waals surface area contributed by atoms with E-state index in [0.717, 1.165) is 0 Å². The second-order valence-corrected chi connectivity index (χ2v) is 5.99. The molecule has 0 aliphatic carbocycles. The molecule has 6 nitrogen and oxygen atoms in total. The van der Waals surface area contributed by atoms with Crippen molar-refractivity contribution in [3.05, 3.63) is 35.4 Å². The number of pyridine rings is 1. The van der Waals surface area contributed by atoms with Crippen LogP contribution in [-0.2, 0) is 14.6 Å². The van der Waals surface area contributed by atoms with Crippen molar-refractivity contribution in [3.8, 4) is 0 Å². The van der Waals surface area contributed by atoms with Crippen LogP contribution < -0.4 is 5.32 Å². The predicted molar refractivity (Wildman–Crippen MR) is 70.5 cm³/mol. The van der Waals surface area contributed by atoms with Gasteiger partial charge in [-0.05, 0) is 25.1 Å². The van der Waals surface area contributed by atoms with Crippen molar-refractivity contribution < 1.29 is 17.9 Å². The minimum atomic E-state index is -3.09. The molecule has 2 heterocycles. The van der Waals surface area contributed by atoms with Gasteiger partial charge in [-0.15, -0.1) is 0 Å². The van der Waals surface area contributed by atoms with Gasteiger partial charge in [0.15, 0.2) is 9.84 Å². The van der Waals surface area contributed by atoms with Crippen LogP contribution in [0.4, 0.5) is 5.82 Å². The van der Waals surface area contributed by atoms with Crippen molar-refractivity contribution in [2.75, 3.05) is 17.7 Å². The van der Waals surface area contributed by atoms with Gasteiger partial charge in [0, 0.05) is 11.6 Å². The van der Waals surface area contributed by atoms with E-state index < -0.39 is 15.8 Å². The molecule has 1 aromatic rings. The van der Waals surface area contributed by atoms with E-state index in [2.05, 4.69) is 10.3 Å². The Labute approximate surface area is 111 Å². The van der Waals surface area contributed by atoms with Crippen LogP contribution in [0.5, 0.6) is 0 Å². The number of hydrogen-bond acceptors (Lipinski definition) is 6. The Balaban J connectivity index is 2.00. The summed E-state index contributed by atoms with van der Waals surface area (Å²) in [6.45, 7) is 2.04. The SMILES string of the molecule is CCOC(=O)c1ccc(NC2C=CS(=O)(=O)C2)nc1. The molecule has 1 aliphatic rings. The Kier molecular flexibility index (Phi) is 3.84. The van der Waals surface area contributed by atoms with E-state index in [0.29, 0.717) is 18.0 Å². The molecular weight excluding hydrogens is 268 g/mol. The third-order valence-electron chi connectivity index (χ3n) is 2.54. The Hall–Kier alpha value is -1.89. The molecule has 0 saturated carbocycles. The summed E-state index contributed by atoms with van der Waals surface area (Å²) >= 11 is 0. The van der Waals surface area contributed by atoms with Crippen LogP contribution in [0.1, 0.15) is 17.3 Å². The number of carbonyl (C=O) groups excluding carboxylic acids is 1. The van der Waals surface area contributed by atoms with E-state index in [9.17, 15) is 13.2 Å². The number of sulfone groups is 1. The van der Waals surface area contributed by atoms with Crippen molar-refractivity contribution in [1.82, 2.24) is 4.98 Å². The molecule has 1 unspecified atom stereocenters. The fourth-order valence-corrected chi connectivity index (χ4v) is 2.91. The molecule has 1 aliphatic heterocycles. The predicted octanol–water partition coefficient (Wildman–Crippen LogP) is 0.981. The van der Waals surface area contributed by atoms with Crippen molar-refractivity contribution in [2.24, 2.45) is 0 Å². The van der Waals surface area contributed by atoms with Crippen molar-refractivity contribution >= 4 is 21.6 Å². The monoisotopic (exact) mass is 282 g/mol. The first-order chi connectivity index (χ1) is 9.00. The highest BCUT2D eigenvalue weighted by atomic mass is 32.2. The quantitative estimate of drug-likeness (QED) is 0.829. The number of hydrogen-bond donors (Lipinski definition) is 1. The summed E-state index contributed by atoms with van der Waals surface area (Å²) in [6, 6.07) is 2.91. The minimum Gasteiger partial charge on any atom is -0.462 e. The average Bonchev–Trinajstić information content (AvgIpc) is 2.70. The summed E-state index contributed by atoms with van der Waals surface area (Å²) in [5, 5.41) is 4.16. The highest BCUT2D eigenvalue weighted by Gasteiger charge is 2.21. The molecule has 2 rings (SSSR count). The zero-order valence-corrected chi connectivity index (χ0v) is 11.2. The lowest BCUT2D eigenvalue weighted by Gasteiger charge is -2.10. The van der Waals surface area contributed by atoms with Gasteiger partial charge >= 0.3 is 5.97 Å². The summed E-state index contributed by atoms with van der Waals surface area (Å²) in [5.41, 5.74) is 0.363. The van der Waals surface area contributed by atoms with Gasteiger partial charge in [0.1, 0.15) is 5.82 Å². The number of rotatable bonds is 4. The van der Waals surface area contributed by atoms with Gasteiger partial charge in [-0.3, -0.25) is 0 Å². The van der Waals surface area contributed by atoms with Gasteiger partial charge in [0.05, 0.1) is 24.0 Å². The number of carbonyl (C=O) groups is 1. The largest absolute Gasteiger partial charge is 0.462 e. The van der Waals surface area contributed by atoms with Gasteiger partial charge in [-0.2, -0.15) is 0 Å². The summed E-state index contributed by atoms with van der Waals surface area (Å²) < 4.78 is 27.3. The molecule has 1 atom stereocenters. The van der Waals surface area contributed by atoms with Crippen LogP contribution >= 0.6 is 0 Å². The first-order valence-electron chi connectivity index (χ1n) is 5.81. The third kappa shape index (κ3) is 3.54. The topological polar surface area (TPSA) is 85.4 Å². The highest BCUT2D eigenvalue weighted by molar-refractivity contribution is 7.94. The maximum Gasteiger partial charge on any atom is 0.339 e. The van der Waals surface area contributed by atoms with E-state index in [-0.39, 0.29) is 11.8 Å². The fourth-order valence-electron chi connectivity index (χ4n) is 1.67. The molecular formula is C12H14N2O4S. The molecule has 102 valence electrons. The normalized spacial score (nSPS) is 20.2. The number of nitrogens with zero attached hydrogens (tertiary/aromatic N) is 1. The Morgan fingerprint density at radius 3 is 2.84 bits per heavy atom. The van der Waals surface area contributed by atoms with Crippen molar-refractivity contribution in [1.29, 1.82) is 0 Å². The van der Waals surface area contributed by atoms with E-state index in [1.54, 1.807) is 25.1 Å². The van der Waals surface area contributed by atoms with Gasteiger partial charge in [0.25, 0.3) is 0 Å². The molecule has 1 N–H and O–H groups in total. The molecule has 1 aromatic heterocycles. The van der Waals surface area contributed by atoms with Gasteiger partial charge < -0.3 is 10.1 Å². The van der Waals surface area contributed by atoms with Gasteiger partial charge in [0.2, 0.25) is 0 Å². The highest BCUT2D eigenvalue weighted by Crippen LogP contribution is 2.14. The maximum absolute atomic E-state index is 11.4. The minimum absolute atomic E-state index is 0.0221. The van der Waals surface area contributed by atoms with Crippen LogP contribution in [0, 0.1) is 0 Å². The molecule has 0 saturated heterocycles. The van der Waals surface area contributed by atoms with Crippen LogP contribution in [0.25, 0.3) is 0 Å². The molecule has 0 amide bonds. The first-order valence-corrected chi connectivity index (χ1v) is 7.52.